The maximum Gasteiger partial charge on any atom is 0.586 e. The van der Waals surface area contributed by atoms with Gasteiger partial charge in [0.2, 0.25) is 0 Å². The summed E-state index contributed by atoms with van der Waals surface area (Å²) in [6.45, 7) is 6.03. The first-order valence-electron chi connectivity index (χ1n) is 11.8. The number of anilines is 1. The predicted octanol–water partition coefficient (Wildman–Crippen LogP) is 5.50. The van der Waals surface area contributed by atoms with Gasteiger partial charge in [0, 0.05) is 22.8 Å². The Labute approximate surface area is 206 Å². The second kappa shape index (κ2) is 8.72. The molecule has 3 aromatic rings. The fraction of sp³-hybridized carbons (Fsp3) is 0.370. The zero-order chi connectivity index (χ0) is 25.7. The second-order valence-corrected chi connectivity index (χ2v) is 10.2. The van der Waals surface area contributed by atoms with Crippen LogP contribution in [0.25, 0.3) is 10.9 Å². The number of pyridine rings is 1. The van der Waals surface area contributed by atoms with Crippen LogP contribution in [0.2, 0.25) is 0 Å². The zero-order valence-corrected chi connectivity index (χ0v) is 20.2. The molecule has 1 aliphatic heterocycles. The Kier molecular flexibility index (Phi) is 5.81. The third kappa shape index (κ3) is 4.69. The first-order valence-corrected chi connectivity index (χ1v) is 11.8. The third-order valence-electron chi connectivity index (χ3n) is 6.71. The second-order valence-electron chi connectivity index (χ2n) is 10.2. The fourth-order valence-electron chi connectivity index (χ4n) is 4.79. The van der Waals surface area contributed by atoms with Gasteiger partial charge in [0.15, 0.2) is 18.1 Å². The maximum atomic E-state index is 13.3. The van der Waals surface area contributed by atoms with E-state index in [9.17, 15) is 18.4 Å². The van der Waals surface area contributed by atoms with Crippen LogP contribution in [0.1, 0.15) is 48.8 Å². The SMILES string of the molecule is CC(C)(C)C1CCc2nc3ccccc3c(C(=O)OCC(=O)Nc3ccc4c(c3)OC(F)(F)O4)c2C1. The molecule has 188 valence electrons. The van der Waals surface area contributed by atoms with Crippen LogP contribution >= 0.6 is 0 Å². The minimum atomic E-state index is -3.75. The van der Waals surface area contributed by atoms with E-state index in [4.69, 9.17) is 9.72 Å². The third-order valence-corrected chi connectivity index (χ3v) is 6.71. The lowest BCUT2D eigenvalue weighted by atomic mass is 9.70. The van der Waals surface area contributed by atoms with E-state index in [-0.39, 0.29) is 22.6 Å². The van der Waals surface area contributed by atoms with E-state index < -0.39 is 24.8 Å². The van der Waals surface area contributed by atoms with E-state index in [1.165, 1.54) is 18.2 Å². The van der Waals surface area contributed by atoms with Crippen molar-refractivity contribution >= 4 is 28.5 Å². The smallest absolute Gasteiger partial charge is 0.452 e. The lowest BCUT2D eigenvalue weighted by Crippen LogP contribution is -2.29. The van der Waals surface area contributed by atoms with Crippen LogP contribution in [0.3, 0.4) is 0 Å². The number of fused-ring (bicyclic) bond motifs is 3. The van der Waals surface area contributed by atoms with Crippen molar-refractivity contribution in [2.45, 2.75) is 46.3 Å². The van der Waals surface area contributed by atoms with Crippen LogP contribution in [0.4, 0.5) is 14.5 Å². The van der Waals surface area contributed by atoms with Crippen molar-refractivity contribution in [3.05, 3.63) is 59.3 Å². The molecule has 1 unspecified atom stereocenters. The normalized spacial score (nSPS) is 18.0. The van der Waals surface area contributed by atoms with Crippen LogP contribution in [-0.4, -0.2) is 29.8 Å². The number of aryl methyl sites for hydroxylation is 1. The minimum absolute atomic E-state index is 0.0684. The quantitative estimate of drug-likeness (QED) is 0.480. The van der Waals surface area contributed by atoms with Crippen LogP contribution in [-0.2, 0) is 22.4 Å². The van der Waals surface area contributed by atoms with Crippen molar-refractivity contribution in [2.24, 2.45) is 11.3 Å². The van der Waals surface area contributed by atoms with Gasteiger partial charge >= 0.3 is 12.3 Å². The molecule has 1 aliphatic carbocycles. The van der Waals surface area contributed by atoms with E-state index in [0.29, 0.717) is 28.8 Å². The molecule has 0 radical (unpaired) electrons. The summed E-state index contributed by atoms with van der Waals surface area (Å²) in [4.78, 5) is 30.6. The van der Waals surface area contributed by atoms with Gasteiger partial charge in [0.05, 0.1) is 11.1 Å². The molecule has 7 nitrogen and oxygen atoms in total. The van der Waals surface area contributed by atoms with Gasteiger partial charge in [-0.25, -0.2) is 4.79 Å². The number of ether oxygens (including phenoxy) is 3. The molecule has 0 spiro atoms. The summed E-state index contributed by atoms with van der Waals surface area (Å²) in [5.74, 6) is -1.17. The van der Waals surface area contributed by atoms with E-state index >= 15 is 0 Å². The van der Waals surface area contributed by atoms with Crippen molar-refractivity contribution in [3.63, 3.8) is 0 Å². The first-order chi connectivity index (χ1) is 17.0. The Balaban J connectivity index is 1.34. The highest BCUT2D eigenvalue weighted by Crippen LogP contribution is 2.42. The van der Waals surface area contributed by atoms with Gasteiger partial charge in [0.25, 0.3) is 5.91 Å². The number of para-hydroxylation sites is 1. The molecule has 1 N–H and O–H groups in total. The van der Waals surface area contributed by atoms with Gasteiger partial charge in [-0.05, 0) is 54.4 Å². The summed E-state index contributed by atoms with van der Waals surface area (Å²) in [6, 6.07) is 11.3. The summed E-state index contributed by atoms with van der Waals surface area (Å²) in [5, 5.41) is 3.21. The summed E-state index contributed by atoms with van der Waals surface area (Å²) in [7, 11) is 0. The molecule has 0 bridgehead atoms. The van der Waals surface area contributed by atoms with Gasteiger partial charge in [-0.1, -0.05) is 39.0 Å². The monoisotopic (exact) mass is 496 g/mol. The molecule has 0 saturated carbocycles. The summed E-state index contributed by atoms with van der Waals surface area (Å²) < 4.78 is 40.6. The minimum Gasteiger partial charge on any atom is -0.452 e. The van der Waals surface area contributed by atoms with Gasteiger partial charge in [-0.2, -0.15) is 0 Å². The number of hydrogen-bond donors (Lipinski definition) is 1. The number of amides is 1. The van der Waals surface area contributed by atoms with Crippen molar-refractivity contribution in [1.29, 1.82) is 0 Å². The summed E-state index contributed by atoms with van der Waals surface area (Å²) >= 11 is 0. The predicted molar refractivity (Wildman–Crippen MR) is 128 cm³/mol. The Morgan fingerprint density at radius 3 is 2.67 bits per heavy atom. The molecule has 0 saturated heterocycles. The average molecular weight is 497 g/mol. The Hall–Kier alpha value is -3.75. The van der Waals surface area contributed by atoms with Crippen LogP contribution in [0.15, 0.2) is 42.5 Å². The van der Waals surface area contributed by atoms with E-state index in [2.05, 4.69) is 35.6 Å². The van der Waals surface area contributed by atoms with Crippen LogP contribution in [0.5, 0.6) is 11.5 Å². The molecule has 2 aromatic carbocycles. The Morgan fingerprint density at radius 1 is 1.14 bits per heavy atom. The Morgan fingerprint density at radius 2 is 1.89 bits per heavy atom. The number of halogens is 2. The number of alkyl halides is 2. The number of nitrogens with one attached hydrogen (secondary N) is 1. The molecular formula is C27H26F2N2O5. The zero-order valence-electron chi connectivity index (χ0n) is 20.2. The highest BCUT2D eigenvalue weighted by Gasteiger charge is 2.43. The van der Waals surface area contributed by atoms with Crippen molar-refractivity contribution in [2.75, 3.05) is 11.9 Å². The number of nitrogens with zero attached hydrogens (tertiary/aromatic N) is 1. The summed E-state index contributed by atoms with van der Waals surface area (Å²) in [6.07, 6.45) is -1.29. The number of carbonyl (C=O) groups excluding carboxylic acids is 2. The highest BCUT2D eigenvalue weighted by molar-refractivity contribution is 6.06. The fourth-order valence-corrected chi connectivity index (χ4v) is 4.79. The van der Waals surface area contributed by atoms with Crippen molar-refractivity contribution < 1.29 is 32.6 Å². The lowest BCUT2D eigenvalue weighted by molar-refractivity contribution is -0.286. The highest BCUT2D eigenvalue weighted by atomic mass is 19.3. The lowest BCUT2D eigenvalue weighted by Gasteiger charge is -2.35. The average Bonchev–Trinajstić information content (AvgIpc) is 3.13. The van der Waals surface area contributed by atoms with Gasteiger partial charge in [-0.3, -0.25) is 9.78 Å². The molecule has 1 amide bonds. The molecule has 9 heteroatoms. The molecule has 1 aromatic heterocycles. The van der Waals surface area contributed by atoms with E-state index in [0.717, 1.165) is 24.1 Å². The molecule has 1 atom stereocenters. The van der Waals surface area contributed by atoms with E-state index in [1.54, 1.807) is 0 Å². The van der Waals surface area contributed by atoms with Gasteiger partial charge in [0.1, 0.15) is 0 Å². The maximum absolute atomic E-state index is 13.3. The topological polar surface area (TPSA) is 86.8 Å². The number of esters is 1. The van der Waals surface area contributed by atoms with E-state index in [1.807, 2.05) is 24.3 Å². The van der Waals surface area contributed by atoms with Crippen LogP contribution in [0, 0.1) is 11.3 Å². The number of aromatic nitrogens is 1. The number of rotatable bonds is 4. The number of hydrogen-bond acceptors (Lipinski definition) is 6. The summed E-state index contributed by atoms with van der Waals surface area (Å²) in [5.41, 5.74) is 3.20. The largest absolute Gasteiger partial charge is 0.586 e. The Bertz CT molecular complexity index is 1370. The molecular weight excluding hydrogens is 470 g/mol. The van der Waals surface area contributed by atoms with Crippen LogP contribution < -0.4 is 14.8 Å². The molecule has 5 rings (SSSR count). The molecule has 2 heterocycles. The van der Waals surface area contributed by atoms with Crippen molar-refractivity contribution in [1.82, 2.24) is 4.98 Å². The van der Waals surface area contributed by atoms with Crippen molar-refractivity contribution in [3.8, 4) is 11.5 Å². The standard InChI is InChI=1S/C27H26F2N2O5/c1-26(2,3)15-8-10-20-18(12-15)24(17-6-4-5-7-19(17)31-20)25(33)34-14-23(32)30-16-9-11-21-22(13-16)36-27(28,29)35-21/h4-7,9,11,13,15H,8,10,12,14H2,1-3H3,(H,30,32). The number of carbonyl (C=O) groups is 2. The molecule has 36 heavy (non-hydrogen) atoms. The van der Waals surface area contributed by atoms with Gasteiger partial charge in [-0.15, -0.1) is 8.78 Å². The van der Waals surface area contributed by atoms with Gasteiger partial charge < -0.3 is 19.5 Å². The molecule has 2 aliphatic rings. The molecule has 0 fully saturated rings. The first kappa shape index (κ1) is 24.0. The number of benzene rings is 2.